The Bertz CT molecular complexity index is 724. The third-order valence-corrected chi connectivity index (χ3v) is 5.73. The molecule has 3 rings (SSSR count). The first kappa shape index (κ1) is 14.2. The molecular formula is C14H18N2O4S. The second-order valence-corrected chi connectivity index (χ2v) is 7.67. The summed E-state index contributed by atoms with van der Waals surface area (Å²) in [5.74, 6) is 0.500. The normalized spacial score (nSPS) is 23.9. The molecule has 0 amide bonds. The van der Waals surface area contributed by atoms with E-state index in [2.05, 4.69) is 0 Å². The van der Waals surface area contributed by atoms with E-state index in [9.17, 15) is 13.5 Å². The van der Waals surface area contributed by atoms with Crippen molar-refractivity contribution in [1.82, 2.24) is 8.61 Å². The first-order valence-corrected chi connectivity index (χ1v) is 8.11. The maximum absolute atomic E-state index is 12.4. The van der Waals surface area contributed by atoms with Crippen molar-refractivity contribution in [1.29, 1.82) is 0 Å². The van der Waals surface area contributed by atoms with Gasteiger partial charge in [0, 0.05) is 25.7 Å². The Morgan fingerprint density at radius 1 is 1.24 bits per heavy atom. The van der Waals surface area contributed by atoms with Gasteiger partial charge in [-0.25, -0.2) is 0 Å². The Hall–Kier alpha value is -1.73. The minimum absolute atomic E-state index is 0.0694. The summed E-state index contributed by atoms with van der Waals surface area (Å²) in [7, 11) is -2.07. The van der Waals surface area contributed by atoms with Crippen molar-refractivity contribution in [3.8, 4) is 5.75 Å². The van der Waals surface area contributed by atoms with Crippen molar-refractivity contribution in [2.24, 2.45) is 0 Å². The minimum Gasteiger partial charge on any atom is -0.506 e. The summed E-state index contributed by atoms with van der Waals surface area (Å²) in [4.78, 5) is 0. The highest BCUT2D eigenvalue weighted by atomic mass is 32.2. The molecule has 0 unspecified atom stereocenters. The maximum Gasteiger partial charge on any atom is 0.304 e. The molecule has 2 aliphatic rings. The van der Waals surface area contributed by atoms with E-state index in [-0.39, 0.29) is 5.76 Å². The van der Waals surface area contributed by atoms with Crippen LogP contribution in [-0.4, -0.2) is 47.9 Å². The van der Waals surface area contributed by atoms with Crippen LogP contribution in [0.2, 0.25) is 0 Å². The molecule has 1 N–H and O–H groups in total. The van der Waals surface area contributed by atoms with Crippen LogP contribution < -0.4 is 4.74 Å². The van der Waals surface area contributed by atoms with E-state index in [1.807, 2.05) is 6.07 Å². The lowest BCUT2D eigenvalue weighted by atomic mass is 9.97. The zero-order chi connectivity index (χ0) is 15.4. The number of aliphatic hydroxyl groups excluding tert-OH is 1. The molecule has 0 aliphatic carbocycles. The number of fused-ring (bicyclic) bond motifs is 1. The van der Waals surface area contributed by atoms with Crippen molar-refractivity contribution < 1.29 is 18.3 Å². The van der Waals surface area contributed by atoms with Crippen LogP contribution in [0.1, 0.15) is 19.4 Å². The second-order valence-electron chi connectivity index (χ2n) is 5.71. The first-order chi connectivity index (χ1) is 9.75. The highest BCUT2D eigenvalue weighted by Crippen LogP contribution is 2.43. The van der Waals surface area contributed by atoms with Crippen LogP contribution in [0.25, 0.3) is 5.70 Å². The summed E-state index contributed by atoms with van der Waals surface area (Å²) < 4.78 is 33.2. The molecule has 0 saturated carbocycles. The smallest absolute Gasteiger partial charge is 0.304 e. The number of rotatable bonds is 1. The van der Waals surface area contributed by atoms with Crippen molar-refractivity contribution in [2.45, 2.75) is 19.4 Å². The molecule has 7 heteroatoms. The van der Waals surface area contributed by atoms with Gasteiger partial charge in [-0.3, -0.25) is 4.31 Å². The molecule has 0 aromatic heterocycles. The van der Waals surface area contributed by atoms with Gasteiger partial charge in [-0.2, -0.15) is 12.7 Å². The molecule has 21 heavy (non-hydrogen) atoms. The summed E-state index contributed by atoms with van der Waals surface area (Å²) >= 11 is 0. The Labute approximate surface area is 124 Å². The predicted octanol–water partition coefficient (Wildman–Crippen LogP) is 1.58. The molecule has 0 spiro atoms. The van der Waals surface area contributed by atoms with E-state index in [0.29, 0.717) is 30.1 Å². The van der Waals surface area contributed by atoms with E-state index in [1.165, 1.54) is 15.7 Å². The minimum atomic E-state index is -3.60. The Balaban J connectivity index is 2.23. The molecule has 1 saturated heterocycles. The van der Waals surface area contributed by atoms with Crippen LogP contribution in [0.15, 0.2) is 30.0 Å². The van der Waals surface area contributed by atoms with Crippen LogP contribution >= 0.6 is 0 Å². The SMILES string of the molecule is CN1CCN(C2=C(O)C(C)(C)Oc3ccccc32)S1(=O)=O. The molecule has 0 radical (unpaired) electrons. The largest absolute Gasteiger partial charge is 0.506 e. The van der Waals surface area contributed by atoms with Crippen molar-refractivity contribution in [3.63, 3.8) is 0 Å². The van der Waals surface area contributed by atoms with E-state index < -0.39 is 15.8 Å². The molecule has 1 fully saturated rings. The first-order valence-electron chi connectivity index (χ1n) is 6.71. The number of aliphatic hydroxyl groups is 1. The topological polar surface area (TPSA) is 70.1 Å². The summed E-state index contributed by atoms with van der Waals surface area (Å²) in [5.41, 5.74) is -0.0696. The Morgan fingerprint density at radius 3 is 2.52 bits per heavy atom. The van der Waals surface area contributed by atoms with E-state index in [1.54, 1.807) is 32.0 Å². The van der Waals surface area contributed by atoms with Crippen molar-refractivity contribution >= 4 is 15.9 Å². The monoisotopic (exact) mass is 310 g/mol. The fourth-order valence-corrected chi connectivity index (χ4v) is 3.97. The third kappa shape index (κ3) is 1.99. The summed E-state index contributed by atoms with van der Waals surface area (Å²) in [6.07, 6.45) is 0. The number of ether oxygens (including phenoxy) is 1. The van der Waals surface area contributed by atoms with E-state index in [4.69, 9.17) is 4.74 Å². The summed E-state index contributed by atoms with van der Waals surface area (Å²) in [6, 6.07) is 7.14. The lowest BCUT2D eigenvalue weighted by Gasteiger charge is -2.36. The molecule has 114 valence electrons. The number of hydrogen-bond donors (Lipinski definition) is 1. The maximum atomic E-state index is 12.4. The Kier molecular flexibility index (Phi) is 2.97. The lowest BCUT2D eigenvalue weighted by Crippen LogP contribution is -2.39. The highest BCUT2D eigenvalue weighted by molar-refractivity contribution is 7.87. The van der Waals surface area contributed by atoms with E-state index >= 15 is 0 Å². The van der Waals surface area contributed by atoms with Gasteiger partial charge in [-0.1, -0.05) is 12.1 Å². The second kappa shape index (κ2) is 4.38. The van der Waals surface area contributed by atoms with Crippen LogP contribution in [0, 0.1) is 0 Å². The van der Waals surface area contributed by atoms with Gasteiger partial charge in [0.15, 0.2) is 11.4 Å². The predicted molar refractivity (Wildman–Crippen MR) is 79.0 cm³/mol. The number of nitrogens with zero attached hydrogens (tertiary/aromatic N) is 2. The molecule has 0 bridgehead atoms. The number of benzene rings is 1. The van der Waals surface area contributed by atoms with Gasteiger partial charge >= 0.3 is 10.2 Å². The molecule has 1 aromatic carbocycles. The molecule has 1 aromatic rings. The van der Waals surface area contributed by atoms with Gasteiger partial charge in [0.1, 0.15) is 11.4 Å². The van der Waals surface area contributed by atoms with Crippen molar-refractivity contribution in [2.75, 3.05) is 20.1 Å². The van der Waals surface area contributed by atoms with Gasteiger partial charge in [0.05, 0.1) is 0 Å². The molecule has 2 aliphatic heterocycles. The number of hydrogen-bond acceptors (Lipinski definition) is 4. The van der Waals surface area contributed by atoms with Crippen LogP contribution in [0.4, 0.5) is 0 Å². The van der Waals surface area contributed by atoms with E-state index in [0.717, 1.165) is 0 Å². The quantitative estimate of drug-likeness (QED) is 0.855. The van der Waals surface area contributed by atoms with Gasteiger partial charge in [-0.15, -0.1) is 0 Å². The van der Waals surface area contributed by atoms with Crippen LogP contribution in [-0.2, 0) is 10.2 Å². The molecule has 6 nitrogen and oxygen atoms in total. The summed E-state index contributed by atoms with van der Waals surface area (Å²) in [5, 5.41) is 10.6. The fourth-order valence-electron chi connectivity index (χ4n) is 2.60. The number of likely N-dealkylation sites (N-methyl/N-ethyl adjacent to an activating group) is 1. The third-order valence-electron chi connectivity index (χ3n) is 3.84. The Morgan fingerprint density at radius 2 is 1.90 bits per heavy atom. The fraction of sp³-hybridized carbons (Fsp3) is 0.429. The van der Waals surface area contributed by atoms with Gasteiger partial charge < -0.3 is 9.84 Å². The molecule has 2 heterocycles. The average Bonchev–Trinajstić information content (AvgIpc) is 2.66. The zero-order valence-corrected chi connectivity index (χ0v) is 13.0. The summed E-state index contributed by atoms with van der Waals surface area (Å²) in [6.45, 7) is 4.13. The molecular weight excluding hydrogens is 292 g/mol. The van der Waals surface area contributed by atoms with Gasteiger partial charge in [0.2, 0.25) is 0 Å². The molecule has 0 atom stereocenters. The van der Waals surface area contributed by atoms with Gasteiger partial charge in [-0.05, 0) is 26.0 Å². The van der Waals surface area contributed by atoms with Crippen LogP contribution in [0.3, 0.4) is 0 Å². The van der Waals surface area contributed by atoms with Gasteiger partial charge in [0.25, 0.3) is 0 Å². The standard InChI is InChI=1S/C14H18N2O4S/c1-14(2)13(17)12(10-6-4-5-7-11(10)20-14)16-9-8-15(3)21(16,18)19/h4-7,17H,8-9H2,1-3H3. The average molecular weight is 310 g/mol. The zero-order valence-electron chi connectivity index (χ0n) is 12.2. The lowest BCUT2D eigenvalue weighted by molar-refractivity contribution is 0.0895. The highest BCUT2D eigenvalue weighted by Gasteiger charge is 2.43. The number of para-hydroxylation sites is 1. The van der Waals surface area contributed by atoms with Crippen molar-refractivity contribution in [3.05, 3.63) is 35.6 Å². The van der Waals surface area contributed by atoms with Crippen LogP contribution in [0.5, 0.6) is 5.75 Å².